The summed E-state index contributed by atoms with van der Waals surface area (Å²) in [5, 5.41) is 25.8. The highest BCUT2D eigenvalue weighted by Gasteiger charge is 2.25. The number of nitrogens with one attached hydrogen (secondary N) is 2. The molecule has 2 aromatic heterocycles. The number of pyridine rings is 1. The number of benzene rings is 3. The molecule has 2 atom stereocenters. The first-order chi connectivity index (χ1) is 21.5. The van der Waals surface area contributed by atoms with Crippen molar-refractivity contribution in [3.05, 3.63) is 125 Å². The van der Waals surface area contributed by atoms with Crippen LogP contribution in [0.4, 0.5) is 0 Å². The summed E-state index contributed by atoms with van der Waals surface area (Å²) in [4.78, 5) is 35.5. The van der Waals surface area contributed by atoms with Gasteiger partial charge in [-0.3, -0.25) is 14.6 Å². The zero-order valence-electron chi connectivity index (χ0n) is 23.8. The maximum absolute atomic E-state index is 13.8. The van der Waals surface area contributed by atoms with Crippen LogP contribution < -0.4 is 10.6 Å². The summed E-state index contributed by atoms with van der Waals surface area (Å²) in [6.07, 6.45) is 4.36. The number of oxazole rings is 1. The molecule has 2 amide bonds. The molecule has 0 bridgehead atoms. The summed E-state index contributed by atoms with van der Waals surface area (Å²) < 4.78 is 5.96. The van der Waals surface area contributed by atoms with Crippen LogP contribution in [0.25, 0.3) is 11.1 Å². The van der Waals surface area contributed by atoms with E-state index < -0.39 is 18.0 Å². The zero-order chi connectivity index (χ0) is 30.7. The Kier molecular flexibility index (Phi) is 10.2. The Morgan fingerprint density at radius 3 is 2.43 bits per heavy atom. The number of amides is 2. The van der Waals surface area contributed by atoms with E-state index in [1.807, 2.05) is 54.6 Å². The number of thioether (sulfide) groups is 1. The Hall–Kier alpha value is -5.14. The summed E-state index contributed by atoms with van der Waals surface area (Å²) in [5.74, 6) is 0.697. The fourth-order valence-corrected chi connectivity index (χ4v) is 5.83. The van der Waals surface area contributed by atoms with Crippen LogP contribution in [0.3, 0.4) is 0 Å². The maximum atomic E-state index is 13.8. The molecule has 0 radical (unpaired) electrons. The van der Waals surface area contributed by atoms with Crippen molar-refractivity contribution in [2.45, 2.75) is 37.1 Å². The molecule has 0 spiro atoms. The number of carbonyl (C=O) groups excluding carboxylic acids is 2. The molecular formula is C34H31N5O4S. The number of hydrogen-bond acceptors (Lipinski definition) is 8. The largest absolute Gasteiger partial charge is 0.508 e. The molecule has 2 heterocycles. The van der Waals surface area contributed by atoms with Crippen LogP contribution in [0.5, 0.6) is 5.75 Å². The van der Waals surface area contributed by atoms with Crippen LogP contribution in [0.1, 0.15) is 39.4 Å². The van der Waals surface area contributed by atoms with Gasteiger partial charge in [-0.2, -0.15) is 17.0 Å². The van der Waals surface area contributed by atoms with Gasteiger partial charge >= 0.3 is 0 Å². The molecule has 0 aliphatic heterocycles. The molecule has 0 saturated heterocycles. The van der Waals surface area contributed by atoms with E-state index in [0.717, 1.165) is 16.6 Å². The van der Waals surface area contributed by atoms with Gasteiger partial charge in [0.05, 0.1) is 11.6 Å². The fraction of sp³-hybridized carbons (Fsp3) is 0.206. The van der Waals surface area contributed by atoms with Crippen molar-refractivity contribution in [2.24, 2.45) is 0 Å². The molecular weight excluding hydrogens is 574 g/mol. The molecule has 3 aromatic carbocycles. The van der Waals surface area contributed by atoms with E-state index in [9.17, 15) is 20.0 Å². The van der Waals surface area contributed by atoms with Gasteiger partial charge in [0.15, 0.2) is 11.5 Å². The van der Waals surface area contributed by atoms with E-state index in [1.165, 1.54) is 24.2 Å². The number of nitrogens with zero attached hydrogens (tertiary/aromatic N) is 3. The summed E-state index contributed by atoms with van der Waals surface area (Å²) in [6, 6.07) is 26.0. The Labute approximate surface area is 259 Å². The Morgan fingerprint density at radius 1 is 0.932 bits per heavy atom. The SMILES string of the molecule is N#Cc1ccccc1CSC[C@H](NC(=O)c1ccncc1)C(=O)NC(CCc1ccccc1O)Cc1nc2ccccc2o1. The second kappa shape index (κ2) is 14.8. The van der Waals surface area contributed by atoms with E-state index in [-0.39, 0.29) is 17.4 Å². The third kappa shape index (κ3) is 8.02. The van der Waals surface area contributed by atoms with E-state index in [2.05, 4.69) is 26.7 Å². The highest BCUT2D eigenvalue weighted by Crippen LogP contribution is 2.21. The van der Waals surface area contributed by atoms with Crippen molar-refractivity contribution in [1.29, 1.82) is 5.26 Å². The van der Waals surface area contributed by atoms with Crippen LogP contribution in [0.15, 0.2) is 102 Å². The summed E-state index contributed by atoms with van der Waals surface area (Å²) >= 11 is 1.45. The van der Waals surface area contributed by atoms with Crippen molar-refractivity contribution in [1.82, 2.24) is 20.6 Å². The lowest BCUT2D eigenvalue weighted by molar-refractivity contribution is -0.123. The molecule has 0 aliphatic carbocycles. The third-order valence-electron chi connectivity index (χ3n) is 7.10. The number of aromatic hydroxyl groups is 1. The quantitative estimate of drug-likeness (QED) is 0.167. The lowest BCUT2D eigenvalue weighted by atomic mass is 10.0. The van der Waals surface area contributed by atoms with Gasteiger partial charge in [-0.15, -0.1) is 0 Å². The van der Waals surface area contributed by atoms with Gasteiger partial charge in [0.2, 0.25) is 5.91 Å². The van der Waals surface area contributed by atoms with Crippen molar-refractivity contribution in [2.75, 3.05) is 5.75 Å². The molecule has 10 heteroatoms. The molecule has 44 heavy (non-hydrogen) atoms. The van der Waals surface area contributed by atoms with Gasteiger partial charge in [-0.25, -0.2) is 4.98 Å². The first-order valence-electron chi connectivity index (χ1n) is 14.2. The highest BCUT2D eigenvalue weighted by atomic mass is 32.2. The molecule has 222 valence electrons. The second-order valence-corrected chi connectivity index (χ2v) is 11.2. The number of aryl methyl sites for hydroxylation is 1. The number of fused-ring (bicyclic) bond motifs is 1. The summed E-state index contributed by atoms with van der Waals surface area (Å²) in [7, 11) is 0. The molecule has 5 rings (SSSR count). The van der Waals surface area contributed by atoms with Crippen LogP contribution in [-0.4, -0.2) is 44.7 Å². The van der Waals surface area contributed by atoms with E-state index in [4.69, 9.17) is 4.42 Å². The average Bonchev–Trinajstić information content (AvgIpc) is 3.46. The molecule has 5 aromatic rings. The number of carbonyl (C=O) groups is 2. The number of hydrogen-bond donors (Lipinski definition) is 3. The Bertz CT molecular complexity index is 1740. The van der Waals surface area contributed by atoms with Gasteiger partial charge in [0.25, 0.3) is 5.91 Å². The van der Waals surface area contributed by atoms with Gasteiger partial charge in [-0.05, 0) is 60.4 Å². The Morgan fingerprint density at radius 2 is 1.66 bits per heavy atom. The molecule has 9 nitrogen and oxygen atoms in total. The van der Waals surface area contributed by atoms with Crippen LogP contribution >= 0.6 is 11.8 Å². The summed E-state index contributed by atoms with van der Waals surface area (Å²) in [6.45, 7) is 0. The van der Waals surface area contributed by atoms with E-state index in [1.54, 1.807) is 30.3 Å². The van der Waals surface area contributed by atoms with Gasteiger partial charge in [-0.1, -0.05) is 48.5 Å². The molecule has 0 aliphatic rings. The Balaban J connectivity index is 1.34. The van der Waals surface area contributed by atoms with Gasteiger partial charge < -0.3 is 20.2 Å². The predicted octanol–water partition coefficient (Wildman–Crippen LogP) is 5.19. The van der Waals surface area contributed by atoms with E-state index >= 15 is 0 Å². The van der Waals surface area contributed by atoms with Crippen LogP contribution in [0.2, 0.25) is 0 Å². The van der Waals surface area contributed by atoms with Gasteiger partial charge in [0.1, 0.15) is 17.3 Å². The minimum Gasteiger partial charge on any atom is -0.508 e. The minimum atomic E-state index is -0.869. The standard InChI is InChI=1S/C34H31N5O4S/c35-20-25-8-1-2-9-26(25)21-44-22-29(39-33(41)24-15-17-36-18-16-24)34(42)37-27(14-13-23-7-3-5-11-30(23)40)19-32-38-28-10-4-6-12-31(28)43-32/h1-12,15-18,27,29,40H,13-14,19,21-22H2,(H,37,42)(H,39,41)/t27?,29-/m0/s1. The zero-order valence-corrected chi connectivity index (χ0v) is 24.7. The van der Waals surface area contributed by atoms with E-state index in [0.29, 0.717) is 47.6 Å². The molecule has 3 N–H and O–H groups in total. The smallest absolute Gasteiger partial charge is 0.252 e. The second-order valence-electron chi connectivity index (χ2n) is 10.2. The van der Waals surface area contributed by atoms with Crippen molar-refractivity contribution < 1.29 is 19.1 Å². The number of phenols is 1. The van der Waals surface area contributed by atoms with Crippen molar-refractivity contribution in [3.8, 4) is 11.8 Å². The first kappa shape index (κ1) is 30.3. The van der Waals surface area contributed by atoms with Crippen LogP contribution in [0, 0.1) is 11.3 Å². The predicted molar refractivity (Wildman–Crippen MR) is 169 cm³/mol. The molecule has 1 unspecified atom stereocenters. The lowest BCUT2D eigenvalue weighted by Gasteiger charge is -2.23. The number of rotatable bonds is 13. The average molecular weight is 606 g/mol. The summed E-state index contributed by atoms with van der Waals surface area (Å²) in [5.41, 5.74) is 3.97. The number of para-hydroxylation sites is 3. The fourth-order valence-electron chi connectivity index (χ4n) is 4.77. The van der Waals surface area contributed by atoms with Crippen LogP contribution in [-0.2, 0) is 23.4 Å². The third-order valence-corrected chi connectivity index (χ3v) is 8.19. The highest BCUT2D eigenvalue weighted by molar-refractivity contribution is 7.98. The number of phenolic OH excluding ortho intramolecular Hbond substituents is 1. The monoisotopic (exact) mass is 605 g/mol. The van der Waals surface area contributed by atoms with Crippen molar-refractivity contribution in [3.63, 3.8) is 0 Å². The number of nitriles is 1. The number of aromatic nitrogens is 2. The lowest BCUT2D eigenvalue weighted by Crippen LogP contribution is -2.51. The molecule has 0 saturated carbocycles. The minimum absolute atomic E-state index is 0.191. The van der Waals surface area contributed by atoms with Crippen molar-refractivity contribution >= 4 is 34.7 Å². The van der Waals surface area contributed by atoms with Gasteiger partial charge in [0, 0.05) is 41.9 Å². The topological polar surface area (TPSA) is 141 Å². The maximum Gasteiger partial charge on any atom is 0.252 e. The molecule has 0 fully saturated rings. The normalized spacial score (nSPS) is 12.2. The first-order valence-corrected chi connectivity index (χ1v) is 15.3.